The smallest absolute Gasteiger partial charge is 0.231 e. The second-order valence-electron chi connectivity index (χ2n) is 6.69. The molecule has 0 spiro atoms. The van der Waals surface area contributed by atoms with Crippen molar-refractivity contribution in [1.29, 1.82) is 0 Å². The molecule has 0 N–H and O–H groups in total. The maximum Gasteiger partial charge on any atom is 0.231 e. The van der Waals surface area contributed by atoms with E-state index in [2.05, 4.69) is 16.0 Å². The number of aromatic nitrogens is 2. The number of imidazole rings is 1. The highest BCUT2D eigenvalue weighted by molar-refractivity contribution is 5.75. The van der Waals surface area contributed by atoms with E-state index in [0.717, 1.165) is 37.0 Å². The van der Waals surface area contributed by atoms with Crippen molar-refractivity contribution in [2.24, 2.45) is 0 Å². The van der Waals surface area contributed by atoms with E-state index < -0.39 is 11.6 Å². The van der Waals surface area contributed by atoms with Gasteiger partial charge in [0.2, 0.25) is 6.79 Å². The second-order valence-corrected chi connectivity index (χ2v) is 6.69. The molecule has 2 aliphatic rings. The third-order valence-electron chi connectivity index (χ3n) is 5.14. The third-order valence-corrected chi connectivity index (χ3v) is 5.14. The molecule has 26 heavy (non-hydrogen) atoms. The van der Waals surface area contributed by atoms with Crippen LogP contribution >= 0.6 is 0 Å². The molecule has 7 heteroatoms. The SMILES string of the molecule is Fc1cc2ncn(CN3CCCC3c3ccc4c(c3)OCO4)c2cc1F. The average molecular weight is 357 g/mol. The zero-order chi connectivity index (χ0) is 17.7. The first-order valence-corrected chi connectivity index (χ1v) is 8.62. The van der Waals surface area contributed by atoms with Crippen molar-refractivity contribution in [3.8, 4) is 11.5 Å². The Morgan fingerprint density at radius 2 is 1.92 bits per heavy atom. The van der Waals surface area contributed by atoms with Gasteiger partial charge in [0, 0.05) is 24.7 Å². The lowest BCUT2D eigenvalue weighted by atomic mass is 10.0. The van der Waals surface area contributed by atoms with Crippen LogP contribution in [-0.2, 0) is 6.67 Å². The average Bonchev–Trinajstić information content (AvgIpc) is 3.36. The summed E-state index contributed by atoms with van der Waals surface area (Å²) in [7, 11) is 0. The summed E-state index contributed by atoms with van der Waals surface area (Å²) < 4.78 is 39.8. The predicted molar refractivity (Wildman–Crippen MR) is 90.9 cm³/mol. The Labute approximate surface area is 148 Å². The Morgan fingerprint density at radius 1 is 1.08 bits per heavy atom. The predicted octanol–water partition coefficient (Wildman–Crippen LogP) is 3.84. The number of benzene rings is 2. The van der Waals surface area contributed by atoms with E-state index in [0.29, 0.717) is 17.7 Å². The van der Waals surface area contributed by atoms with Gasteiger partial charge in [-0.3, -0.25) is 4.90 Å². The molecule has 1 aromatic heterocycles. The number of likely N-dealkylation sites (tertiary alicyclic amines) is 1. The van der Waals surface area contributed by atoms with Crippen LogP contribution in [0.4, 0.5) is 8.78 Å². The van der Waals surface area contributed by atoms with Gasteiger partial charge in [0.25, 0.3) is 0 Å². The molecule has 1 saturated heterocycles. The molecule has 2 aliphatic heterocycles. The topological polar surface area (TPSA) is 39.5 Å². The van der Waals surface area contributed by atoms with Gasteiger partial charge < -0.3 is 14.0 Å². The Hall–Kier alpha value is -2.67. The molecule has 5 nitrogen and oxygen atoms in total. The molecule has 5 rings (SSSR count). The second kappa shape index (κ2) is 5.95. The van der Waals surface area contributed by atoms with Gasteiger partial charge in [0.15, 0.2) is 23.1 Å². The van der Waals surface area contributed by atoms with Crippen LogP contribution in [0.3, 0.4) is 0 Å². The van der Waals surface area contributed by atoms with Gasteiger partial charge in [-0.1, -0.05) is 6.07 Å². The molecule has 2 aromatic carbocycles. The maximum absolute atomic E-state index is 13.6. The molecule has 0 aliphatic carbocycles. The minimum Gasteiger partial charge on any atom is -0.454 e. The maximum atomic E-state index is 13.6. The monoisotopic (exact) mass is 357 g/mol. The summed E-state index contributed by atoms with van der Waals surface area (Å²) in [5.74, 6) is -0.175. The quantitative estimate of drug-likeness (QED) is 0.714. The van der Waals surface area contributed by atoms with Crippen LogP contribution in [0.15, 0.2) is 36.7 Å². The third kappa shape index (κ3) is 2.50. The summed E-state index contributed by atoms with van der Waals surface area (Å²) in [5.41, 5.74) is 2.23. The lowest BCUT2D eigenvalue weighted by molar-refractivity contribution is 0.173. The van der Waals surface area contributed by atoms with E-state index in [1.54, 1.807) is 6.33 Å². The van der Waals surface area contributed by atoms with Crippen LogP contribution in [0.25, 0.3) is 11.0 Å². The van der Waals surface area contributed by atoms with Crippen LogP contribution in [0.2, 0.25) is 0 Å². The molecule has 0 saturated carbocycles. The minimum atomic E-state index is -0.873. The number of ether oxygens (including phenoxy) is 2. The Morgan fingerprint density at radius 3 is 2.85 bits per heavy atom. The summed E-state index contributed by atoms with van der Waals surface area (Å²) in [6, 6.07) is 8.64. The first-order chi connectivity index (χ1) is 12.7. The normalized spacial score (nSPS) is 19.5. The zero-order valence-corrected chi connectivity index (χ0v) is 14.0. The Kier molecular flexibility index (Phi) is 3.56. The molecule has 1 unspecified atom stereocenters. The number of rotatable bonds is 3. The highest BCUT2D eigenvalue weighted by Gasteiger charge is 2.28. The van der Waals surface area contributed by atoms with Crippen molar-refractivity contribution in [1.82, 2.24) is 14.5 Å². The van der Waals surface area contributed by atoms with E-state index in [1.165, 1.54) is 11.6 Å². The Bertz CT molecular complexity index is 988. The molecule has 0 bridgehead atoms. The molecular formula is C19H17F2N3O2. The van der Waals surface area contributed by atoms with Crippen molar-refractivity contribution in [2.75, 3.05) is 13.3 Å². The molecule has 134 valence electrons. The van der Waals surface area contributed by atoms with Gasteiger partial charge in [-0.2, -0.15) is 0 Å². The number of nitrogens with zero attached hydrogens (tertiary/aromatic N) is 3. The van der Waals surface area contributed by atoms with Gasteiger partial charge in [0.05, 0.1) is 24.0 Å². The summed E-state index contributed by atoms with van der Waals surface area (Å²) >= 11 is 0. The summed E-state index contributed by atoms with van der Waals surface area (Å²) in [5, 5.41) is 0. The van der Waals surface area contributed by atoms with Crippen molar-refractivity contribution < 1.29 is 18.3 Å². The van der Waals surface area contributed by atoms with Gasteiger partial charge in [-0.05, 0) is 30.5 Å². The lowest BCUT2D eigenvalue weighted by Gasteiger charge is -2.25. The molecule has 0 radical (unpaired) electrons. The molecule has 3 aromatic rings. The van der Waals surface area contributed by atoms with Crippen molar-refractivity contribution in [3.05, 3.63) is 53.9 Å². The molecule has 3 heterocycles. The fourth-order valence-electron chi connectivity index (χ4n) is 3.86. The number of hydrogen-bond acceptors (Lipinski definition) is 4. The van der Waals surface area contributed by atoms with E-state index in [1.807, 2.05) is 16.7 Å². The van der Waals surface area contributed by atoms with E-state index in [4.69, 9.17) is 9.47 Å². The van der Waals surface area contributed by atoms with Crippen LogP contribution < -0.4 is 9.47 Å². The molecule has 1 atom stereocenters. The van der Waals surface area contributed by atoms with E-state index in [-0.39, 0.29) is 12.8 Å². The van der Waals surface area contributed by atoms with Gasteiger partial charge >= 0.3 is 0 Å². The first kappa shape index (κ1) is 15.6. The van der Waals surface area contributed by atoms with Crippen molar-refractivity contribution in [3.63, 3.8) is 0 Å². The van der Waals surface area contributed by atoms with Gasteiger partial charge in [0.1, 0.15) is 0 Å². The number of fused-ring (bicyclic) bond motifs is 2. The fraction of sp³-hybridized carbons (Fsp3) is 0.316. The molecule has 1 fully saturated rings. The standard InChI is InChI=1S/C19H17F2N3O2/c20-13-7-15-17(8-14(13)21)24(9-22-15)10-23-5-1-2-16(23)12-3-4-18-19(6-12)26-11-25-18/h3-4,6-9,16H,1-2,5,10-11H2. The van der Waals surface area contributed by atoms with Crippen molar-refractivity contribution in [2.45, 2.75) is 25.6 Å². The molecule has 0 amide bonds. The van der Waals surface area contributed by atoms with Gasteiger partial charge in [-0.15, -0.1) is 0 Å². The highest BCUT2D eigenvalue weighted by Crippen LogP contribution is 2.39. The first-order valence-electron chi connectivity index (χ1n) is 8.62. The zero-order valence-electron chi connectivity index (χ0n) is 14.0. The lowest BCUT2D eigenvalue weighted by Crippen LogP contribution is -2.25. The summed E-state index contributed by atoms with van der Waals surface area (Å²) in [4.78, 5) is 6.52. The number of halogens is 2. The largest absolute Gasteiger partial charge is 0.454 e. The highest BCUT2D eigenvalue weighted by atomic mass is 19.2. The molecular weight excluding hydrogens is 340 g/mol. The van der Waals surface area contributed by atoms with Crippen LogP contribution in [0, 0.1) is 11.6 Å². The van der Waals surface area contributed by atoms with E-state index >= 15 is 0 Å². The Balaban J connectivity index is 1.44. The number of hydrogen-bond donors (Lipinski definition) is 0. The van der Waals surface area contributed by atoms with Crippen LogP contribution in [0.1, 0.15) is 24.4 Å². The van der Waals surface area contributed by atoms with Crippen LogP contribution in [0.5, 0.6) is 11.5 Å². The fourth-order valence-corrected chi connectivity index (χ4v) is 3.86. The minimum absolute atomic E-state index is 0.243. The summed E-state index contributed by atoms with van der Waals surface area (Å²) in [6.07, 6.45) is 3.75. The van der Waals surface area contributed by atoms with Gasteiger partial charge in [-0.25, -0.2) is 13.8 Å². The summed E-state index contributed by atoms with van der Waals surface area (Å²) in [6.45, 7) is 1.76. The van der Waals surface area contributed by atoms with Crippen molar-refractivity contribution >= 4 is 11.0 Å². The van der Waals surface area contributed by atoms with E-state index in [9.17, 15) is 8.78 Å². The van der Waals surface area contributed by atoms with Crippen LogP contribution in [-0.4, -0.2) is 27.8 Å².